The molecule has 0 amide bonds. The molecule has 1 aliphatic rings. The lowest BCUT2D eigenvalue weighted by molar-refractivity contribution is -0.134. The van der Waals surface area contributed by atoms with Crippen molar-refractivity contribution in [2.45, 2.75) is 84.6 Å². The first-order chi connectivity index (χ1) is 17.2. The van der Waals surface area contributed by atoms with Gasteiger partial charge in [-0.2, -0.15) is 4.39 Å². The molecule has 0 fully saturated rings. The van der Waals surface area contributed by atoms with E-state index in [1.54, 1.807) is 12.1 Å². The highest BCUT2D eigenvalue weighted by atomic mass is 19.1. The zero-order valence-corrected chi connectivity index (χ0v) is 21.4. The van der Waals surface area contributed by atoms with Crippen molar-refractivity contribution in [3.63, 3.8) is 0 Å². The third-order valence-electron chi connectivity index (χ3n) is 5.94. The number of hydrogen-bond acceptors (Lipinski definition) is 5. The van der Waals surface area contributed by atoms with Gasteiger partial charge >= 0.3 is 11.7 Å². The number of carbonyl (C=O) groups is 1. The number of rotatable bonds is 9. The smallest absolute Gasteiger partial charge is 0.328 e. The summed E-state index contributed by atoms with van der Waals surface area (Å²) in [5, 5.41) is 10.8. The van der Waals surface area contributed by atoms with Gasteiger partial charge in [-0.25, -0.2) is 4.79 Å². The van der Waals surface area contributed by atoms with E-state index in [-0.39, 0.29) is 24.6 Å². The largest absolute Gasteiger partial charge is 0.507 e. The van der Waals surface area contributed by atoms with E-state index in [1.807, 2.05) is 18.0 Å². The van der Waals surface area contributed by atoms with Crippen molar-refractivity contribution in [3.05, 3.63) is 80.4 Å². The van der Waals surface area contributed by atoms with E-state index in [0.717, 1.165) is 61.3 Å². The average molecular weight is 501 g/mol. The Labute approximate surface area is 211 Å². The maximum Gasteiger partial charge on any atom is 0.328 e. The lowest BCUT2D eigenvalue weighted by Gasteiger charge is -2.23. The lowest BCUT2D eigenvalue weighted by atomic mass is 9.84. The maximum atomic E-state index is 13.5. The summed E-state index contributed by atoms with van der Waals surface area (Å²) in [6.07, 6.45) is 11.1. The number of hydrogen-bond donors (Lipinski definition) is 2. The molecule has 0 saturated carbocycles. The number of H-pyrrole nitrogens is 1. The lowest BCUT2D eigenvalue weighted by Crippen LogP contribution is -2.32. The van der Waals surface area contributed by atoms with E-state index in [2.05, 4.69) is 26.5 Å². The molecule has 0 saturated heterocycles. The molecule has 1 atom stereocenters. The highest BCUT2D eigenvalue weighted by Gasteiger charge is 2.24. The van der Waals surface area contributed by atoms with Crippen LogP contribution in [0.1, 0.15) is 82.8 Å². The minimum atomic E-state index is -1.10. The third-order valence-corrected chi connectivity index (χ3v) is 5.94. The number of allylic oxidation sites excluding steroid dienone is 3. The van der Waals surface area contributed by atoms with Crippen LogP contribution in [0.25, 0.3) is 0 Å². The quantitative estimate of drug-likeness (QED) is 0.204. The Morgan fingerprint density at radius 1 is 1.33 bits per heavy atom. The molecule has 1 aliphatic carbocycles. The van der Waals surface area contributed by atoms with Crippen LogP contribution in [0.5, 0.6) is 11.5 Å². The number of aromatic nitrogens is 2. The van der Waals surface area contributed by atoms with Crippen molar-refractivity contribution >= 4 is 5.97 Å². The Morgan fingerprint density at radius 2 is 2.06 bits per heavy atom. The van der Waals surface area contributed by atoms with Crippen molar-refractivity contribution in [1.29, 1.82) is 0 Å². The van der Waals surface area contributed by atoms with Gasteiger partial charge in [-0.15, -0.1) is 6.58 Å². The van der Waals surface area contributed by atoms with Gasteiger partial charge in [-0.3, -0.25) is 19.1 Å². The van der Waals surface area contributed by atoms with Crippen molar-refractivity contribution in [3.8, 4) is 11.5 Å². The van der Waals surface area contributed by atoms with Gasteiger partial charge in [0.15, 0.2) is 0 Å². The molecule has 2 N–H and O–H groups in total. The number of unbranched alkanes of at least 4 members (excludes halogenated alkanes) is 2. The van der Waals surface area contributed by atoms with Crippen LogP contribution in [0, 0.1) is 5.82 Å². The van der Waals surface area contributed by atoms with Crippen molar-refractivity contribution in [2.75, 3.05) is 0 Å². The van der Waals surface area contributed by atoms with Crippen LogP contribution in [0.3, 0.4) is 0 Å². The number of benzene rings is 1. The van der Waals surface area contributed by atoms with Crippen molar-refractivity contribution in [1.82, 2.24) is 9.55 Å². The normalized spacial score (nSPS) is 14.9. The zero-order valence-electron chi connectivity index (χ0n) is 21.4. The maximum absolute atomic E-state index is 13.5. The second-order valence-electron chi connectivity index (χ2n) is 9.06. The molecule has 1 unspecified atom stereocenters. The molecule has 8 heteroatoms. The van der Waals surface area contributed by atoms with Crippen molar-refractivity contribution in [2.24, 2.45) is 0 Å². The summed E-state index contributed by atoms with van der Waals surface area (Å²) in [6, 6.07) is 3.56. The van der Waals surface area contributed by atoms with E-state index in [4.69, 9.17) is 4.74 Å². The first-order valence-corrected chi connectivity index (χ1v) is 12.5. The Balaban J connectivity index is 0.00000145. The fourth-order valence-electron chi connectivity index (χ4n) is 4.22. The number of phenols is 1. The van der Waals surface area contributed by atoms with E-state index in [1.165, 1.54) is 5.57 Å². The van der Waals surface area contributed by atoms with Crippen LogP contribution in [0.2, 0.25) is 0 Å². The van der Waals surface area contributed by atoms with Gasteiger partial charge in [0.25, 0.3) is 5.56 Å². The topological polar surface area (TPSA) is 101 Å². The van der Waals surface area contributed by atoms with Gasteiger partial charge in [-0.05, 0) is 63.6 Å². The predicted octanol–water partition coefficient (Wildman–Crippen LogP) is 5.52. The van der Waals surface area contributed by atoms with Crippen LogP contribution < -0.4 is 16.0 Å². The summed E-state index contributed by atoms with van der Waals surface area (Å²) in [5.74, 6) is -1.34. The average Bonchev–Trinajstić information content (AvgIpc) is 2.81. The second-order valence-corrected chi connectivity index (χ2v) is 9.06. The molecule has 3 rings (SSSR count). The molecule has 196 valence electrons. The van der Waals surface area contributed by atoms with E-state index < -0.39 is 23.0 Å². The molecule has 36 heavy (non-hydrogen) atoms. The van der Waals surface area contributed by atoms with Gasteiger partial charge in [-0.1, -0.05) is 37.5 Å². The summed E-state index contributed by atoms with van der Waals surface area (Å²) in [4.78, 5) is 37.5. The highest BCUT2D eigenvalue weighted by molar-refractivity contribution is 5.73. The molecule has 7 nitrogen and oxygen atoms in total. The number of aromatic hydroxyl groups is 1. The predicted molar refractivity (Wildman–Crippen MR) is 139 cm³/mol. The summed E-state index contributed by atoms with van der Waals surface area (Å²) >= 11 is 0. The SMILES string of the molecule is C=CC.CCCCCc1cc(O)c(C2C=C(C)CCC2)c(OC(=O)CCn2cc(F)c(=O)[nH]c2=O)c1. The first-order valence-electron chi connectivity index (χ1n) is 12.5. The first kappa shape index (κ1) is 28.8. The summed E-state index contributed by atoms with van der Waals surface area (Å²) in [5.41, 5.74) is 0.814. The second kappa shape index (κ2) is 14.2. The Hall–Kier alpha value is -3.42. The minimum Gasteiger partial charge on any atom is -0.507 e. The molecule has 1 aromatic heterocycles. The Kier molecular flexibility index (Phi) is 11.4. The van der Waals surface area contributed by atoms with Crippen molar-refractivity contribution < 1.29 is 19.0 Å². The van der Waals surface area contributed by atoms with Crippen LogP contribution >= 0.6 is 0 Å². The molecule has 1 aromatic carbocycles. The molecular weight excluding hydrogens is 463 g/mol. The number of nitrogens with one attached hydrogen (secondary N) is 1. The Morgan fingerprint density at radius 3 is 2.72 bits per heavy atom. The fourth-order valence-corrected chi connectivity index (χ4v) is 4.22. The van der Waals surface area contributed by atoms with E-state index >= 15 is 0 Å². The molecule has 0 spiro atoms. The monoisotopic (exact) mass is 500 g/mol. The molecular formula is C28H37FN2O5. The van der Waals surface area contributed by atoms with Gasteiger partial charge in [0, 0.05) is 18.0 Å². The number of carbonyl (C=O) groups excluding carboxylic acids is 1. The molecule has 0 radical (unpaired) electrons. The van der Waals surface area contributed by atoms with E-state index in [9.17, 15) is 23.9 Å². The number of ether oxygens (including phenoxy) is 1. The zero-order chi connectivity index (χ0) is 26.7. The minimum absolute atomic E-state index is 0.0536. The summed E-state index contributed by atoms with van der Waals surface area (Å²) < 4.78 is 20.1. The van der Waals surface area contributed by atoms with Crippen LogP contribution in [0.15, 0.2) is 52.2 Å². The summed E-state index contributed by atoms with van der Waals surface area (Å²) in [6.45, 7) is 9.27. The van der Waals surface area contributed by atoms with Gasteiger partial charge < -0.3 is 9.84 Å². The molecule has 2 aromatic rings. The van der Waals surface area contributed by atoms with Crippen LogP contribution in [-0.4, -0.2) is 20.6 Å². The Bertz CT molecular complexity index is 1200. The standard InChI is InChI=1S/C25H31FN2O5.C3H6/c1-3-4-5-8-17-13-20(29)23(18-9-6-7-16(2)12-18)21(14-17)33-22(30)10-11-28-15-19(26)24(31)27-25(28)32;1-3-2/h12-15,18,29H,3-11H2,1-2H3,(H,27,31,32);3H,1H2,2H3. The van der Waals surface area contributed by atoms with Crippen LogP contribution in [-0.2, 0) is 17.8 Å². The van der Waals surface area contributed by atoms with Gasteiger partial charge in [0.1, 0.15) is 11.5 Å². The number of esters is 1. The number of aryl methyl sites for hydroxylation is 2. The van der Waals surface area contributed by atoms with Gasteiger partial charge in [0.2, 0.25) is 5.82 Å². The highest BCUT2D eigenvalue weighted by Crippen LogP contribution is 2.42. The molecule has 1 heterocycles. The third kappa shape index (κ3) is 8.36. The van der Waals surface area contributed by atoms with Crippen LogP contribution in [0.4, 0.5) is 4.39 Å². The number of nitrogens with zero attached hydrogens (tertiary/aromatic N) is 1. The number of halogens is 1. The number of aromatic amines is 1. The van der Waals surface area contributed by atoms with Gasteiger partial charge in [0.05, 0.1) is 12.6 Å². The number of phenolic OH excluding ortho intramolecular Hbond substituents is 1. The summed E-state index contributed by atoms with van der Waals surface area (Å²) in [7, 11) is 0. The fraction of sp³-hybridized carbons (Fsp3) is 0.464. The molecule has 0 aliphatic heterocycles. The molecule has 0 bridgehead atoms. The van der Waals surface area contributed by atoms with E-state index in [0.29, 0.717) is 11.3 Å².